The highest BCUT2D eigenvalue weighted by Gasteiger charge is 2.17. The van der Waals surface area contributed by atoms with Crippen LogP contribution in [0.4, 0.5) is 5.69 Å². The van der Waals surface area contributed by atoms with Gasteiger partial charge in [0, 0.05) is 19.3 Å². The van der Waals surface area contributed by atoms with Gasteiger partial charge in [-0.2, -0.15) is 4.72 Å². The molecule has 1 unspecified atom stereocenters. The number of nitrogens with one attached hydrogen (secondary N) is 2. The second kappa shape index (κ2) is 9.33. The van der Waals surface area contributed by atoms with E-state index in [4.69, 9.17) is 10.5 Å². The molecule has 0 aliphatic carbocycles. The first-order chi connectivity index (χ1) is 11.3. The lowest BCUT2D eigenvalue weighted by Crippen LogP contribution is -2.30. The van der Waals surface area contributed by atoms with E-state index >= 15 is 0 Å². The van der Waals surface area contributed by atoms with Gasteiger partial charge in [0.2, 0.25) is 15.9 Å². The Bertz CT molecular complexity index is 673. The predicted molar refractivity (Wildman–Crippen MR) is 86.7 cm³/mol. The van der Waals surface area contributed by atoms with E-state index in [0.717, 1.165) is 7.11 Å². The minimum atomic E-state index is -3.90. The van der Waals surface area contributed by atoms with Crippen LogP contribution in [0.5, 0.6) is 0 Å². The molecule has 0 fully saturated rings. The van der Waals surface area contributed by atoms with Crippen molar-refractivity contribution in [3.05, 3.63) is 24.3 Å². The zero-order valence-electron chi connectivity index (χ0n) is 13.4. The van der Waals surface area contributed by atoms with Crippen LogP contribution in [0.15, 0.2) is 29.2 Å². The number of anilines is 1. The van der Waals surface area contributed by atoms with E-state index in [1.165, 1.54) is 25.3 Å². The standard InChI is InChI=1S/C14H21N3O6S/c1-22-11(8-15)7-13(18)17-10-4-3-5-12(6-10)24(20,21)16-9-14(19)23-2/h3-6,11,16H,7-9,15H2,1-2H3,(H,17,18). The number of ether oxygens (including phenoxy) is 2. The number of hydrogen-bond acceptors (Lipinski definition) is 7. The largest absolute Gasteiger partial charge is 0.468 e. The summed E-state index contributed by atoms with van der Waals surface area (Å²) in [7, 11) is -1.30. The first-order valence-electron chi connectivity index (χ1n) is 7.01. The molecule has 0 aliphatic rings. The molecule has 24 heavy (non-hydrogen) atoms. The van der Waals surface area contributed by atoms with Crippen LogP contribution in [0.25, 0.3) is 0 Å². The number of carbonyl (C=O) groups excluding carboxylic acids is 2. The number of carbonyl (C=O) groups is 2. The van der Waals surface area contributed by atoms with Gasteiger partial charge in [-0.25, -0.2) is 8.42 Å². The molecule has 0 aromatic heterocycles. The molecule has 0 heterocycles. The Morgan fingerprint density at radius 3 is 2.58 bits per heavy atom. The topological polar surface area (TPSA) is 137 Å². The third-order valence-electron chi connectivity index (χ3n) is 3.07. The molecule has 4 N–H and O–H groups in total. The Kier molecular flexibility index (Phi) is 7.79. The second-order valence-corrected chi connectivity index (χ2v) is 6.54. The van der Waals surface area contributed by atoms with Crippen molar-refractivity contribution in [1.29, 1.82) is 0 Å². The minimum Gasteiger partial charge on any atom is -0.468 e. The summed E-state index contributed by atoms with van der Waals surface area (Å²) in [6.45, 7) is -0.294. The van der Waals surface area contributed by atoms with Crippen molar-refractivity contribution in [2.75, 3.05) is 32.6 Å². The summed E-state index contributed by atoms with van der Waals surface area (Å²) in [6.07, 6.45) is -0.372. The van der Waals surface area contributed by atoms with Gasteiger partial charge in [0.25, 0.3) is 0 Å². The Labute approximate surface area is 140 Å². The fourth-order valence-corrected chi connectivity index (χ4v) is 2.75. The summed E-state index contributed by atoms with van der Waals surface area (Å²) in [5.41, 5.74) is 5.74. The number of esters is 1. The zero-order chi connectivity index (χ0) is 18.2. The molecule has 0 aliphatic heterocycles. The average molecular weight is 359 g/mol. The van der Waals surface area contributed by atoms with Crippen LogP contribution < -0.4 is 15.8 Å². The maximum Gasteiger partial charge on any atom is 0.320 e. The molecule has 134 valence electrons. The van der Waals surface area contributed by atoms with Gasteiger partial charge < -0.3 is 20.5 Å². The molecular weight excluding hydrogens is 338 g/mol. The van der Waals surface area contributed by atoms with Crippen molar-refractivity contribution in [2.24, 2.45) is 5.73 Å². The summed E-state index contributed by atoms with van der Waals surface area (Å²) in [6, 6.07) is 5.63. The second-order valence-electron chi connectivity index (χ2n) is 4.77. The molecule has 10 heteroatoms. The molecule has 0 saturated heterocycles. The lowest BCUT2D eigenvalue weighted by Gasteiger charge is -2.13. The summed E-state index contributed by atoms with van der Waals surface area (Å²) in [5.74, 6) is -1.07. The monoisotopic (exact) mass is 359 g/mol. The summed E-state index contributed by atoms with van der Waals surface area (Å²) >= 11 is 0. The highest BCUT2D eigenvalue weighted by Crippen LogP contribution is 2.16. The molecule has 1 rings (SSSR count). The van der Waals surface area contributed by atoms with Gasteiger partial charge >= 0.3 is 5.97 Å². The molecular formula is C14H21N3O6S. The Morgan fingerprint density at radius 1 is 1.29 bits per heavy atom. The highest BCUT2D eigenvalue weighted by atomic mass is 32.2. The van der Waals surface area contributed by atoms with Crippen LogP contribution in [0, 0.1) is 0 Å². The average Bonchev–Trinajstić information content (AvgIpc) is 2.57. The van der Waals surface area contributed by atoms with Gasteiger partial charge in [-0.15, -0.1) is 0 Å². The molecule has 0 radical (unpaired) electrons. The SMILES string of the molecule is COC(=O)CNS(=O)(=O)c1cccc(NC(=O)CC(CN)OC)c1. The van der Waals surface area contributed by atoms with Gasteiger partial charge in [0.1, 0.15) is 6.54 Å². The van der Waals surface area contributed by atoms with Gasteiger partial charge in [0.05, 0.1) is 24.5 Å². The number of methoxy groups -OCH3 is 2. The molecule has 1 amide bonds. The van der Waals surface area contributed by atoms with E-state index in [2.05, 4.69) is 14.8 Å². The molecule has 0 saturated carbocycles. The Balaban J connectivity index is 2.79. The quantitative estimate of drug-likeness (QED) is 0.503. The van der Waals surface area contributed by atoms with Gasteiger partial charge in [-0.1, -0.05) is 6.07 Å². The summed E-state index contributed by atoms with van der Waals surface area (Å²) < 4.78 is 35.7. The van der Waals surface area contributed by atoms with E-state index in [1.54, 1.807) is 6.07 Å². The normalized spacial score (nSPS) is 12.5. The third-order valence-corrected chi connectivity index (χ3v) is 4.47. The van der Waals surface area contributed by atoms with Crippen molar-refractivity contribution >= 4 is 27.6 Å². The number of amides is 1. The molecule has 0 bridgehead atoms. The highest BCUT2D eigenvalue weighted by molar-refractivity contribution is 7.89. The maximum atomic E-state index is 12.1. The first kappa shape index (κ1) is 20.0. The summed E-state index contributed by atoms with van der Waals surface area (Å²) in [4.78, 5) is 22.8. The van der Waals surface area contributed by atoms with E-state index in [0.29, 0.717) is 5.69 Å². The smallest absolute Gasteiger partial charge is 0.320 e. The van der Waals surface area contributed by atoms with Crippen molar-refractivity contribution in [2.45, 2.75) is 17.4 Å². The lowest BCUT2D eigenvalue weighted by molar-refractivity contribution is -0.139. The number of rotatable bonds is 9. The van der Waals surface area contributed by atoms with Crippen molar-refractivity contribution in [1.82, 2.24) is 4.72 Å². The van der Waals surface area contributed by atoms with E-state index in [1.807, 2.05) is 0 Å². The van der Waals surface area contributed by atoms with Gasteiger partial charge in [-0.05, 0) is 18.2 Å². The van der Waals surface area contributed by atoms with Crippen LogP contribution in [0.3, 0.4) is 0 Å². The first-order valence-corrected chi connectivity index (χ1v) is 8.50. The van der Waals surface area contributed by atoms with E-state index in [-0.39, 0.29) is 23.8 Å². The molecule has 9 nitrogen and oxygen atoms in total. The van der Waals surface area contributed by atoms with Crippen LogP contribution in [-0.2, 0) is 29.1 Å². The molecule has 1 aromatic rings. The molecule has 1 atom stereocenters. The number of benzene rings is 1. The molecule has 0 spiro atoms. The van der Waals surface area contributed by atoms with Crippen LogP contribution in [-0.4, -0.2) is 53.7 Å². The maximum absolute atomic E-state index is 12.1. The summed E-state index contributed by atoms with van der Waals surface area (Å²) in [5, 5.41) is 2.57. The fourth-order valence-electron chi connectivity index (χ4n) is 1.73. The predicted octanol–water partition coefficient (Wildman–Crippen LogP) is -0.560. The zero-order valence-corrected chi connectivity index (χ0v) is 14.3. The van der Waals surface area contributed by atoms with Crippen LogP contribution in [0.1, 0.15) is 6.42 Å². The molecule has 1 aromatic carbocycles. The Morgan fingerprint density at radius 2 is 2.00 bits per heavy atom. The van der Waals surface area contributed by atoms with Gasteiger partial charge in [-0.3, -0.25) is 9.59 Å². The van der Waals surface area contributed by atoms with Gasteiger partial charge in [0.15, 0.2) is 0 Å². The number of nitrogens with two attached hydrogens (primary N) is 1. The third kappa shape index (κ3) is 6.24. The van der Waals surface area contributed by atoms with Crippen molar-refractivity contribution < 1.29 is 27.5 Å². The van der Waals surface area contributed by atoms with Crippen molar-refractivity contribution in [3.8, 4) is 0 Å². The fraction of sp³-hybridized carbons (Fsp3) is 0.429. The van der Waals surface area contributed by atoms with Crippen LogP contribution in [0.2, 0.25) is 0 Å². The number of sulfonamides is 1. The van der Waals surface area contributed by atoms with E-state index < -0.39 is 28.6 Å². The number of hydrogen-bond donors (Lipinski definition) is 3. The van der Waals surface area contributed by atoms with E-state index in [9.17, 15) is 18.0 Å². The Hall–Kier alpha value is -2.01. The minimum absolute atomic E-state index is 0.0462. The van der Waals surface area contributed by atoms with Crippen molar-refractivity contribution in [3.63, 3.8) is 0 Å². The lowest BCUT2D eigenvalue weighted by atomic mass is 10.2. The van der Waals surface area contributed by atoms with Crippen LogP contribution >= 0.6 is 0 Å².